The number of aliphatic imine (C=N–C) groups is 1. The van der Waals surface area contributed by atoms with Crippen molar-refractivity contribution in [3.63, 3.8) is 0 Å². The molecule has 5 heteroatoms. The van der Waals surface area contributed by atoms with Crippen molar-refractivity contribution in [2.45, 2.75) is 58.0 Å². The van der Waals surface area contributed by atoms with E-state index in [4.69, 9.17) is 5.73 Å². The highest BCUT2D eigenvalue weighted by Crippen LogP contribution is 2.17. The second kappa shape index (κ2) is 7.49. The van der Waals surface area contributed by atoms with E-state index in [0.29, 0.717) is 18.5 Å². The van der Waals surface area contributed by atoms with Crippen molar-refractivity contribution in [1.82, 2.24) is 14.9 Å². The molecule has 1 aromatic heterocycles. The third kappa shape index (κ3) is 4.03. The maximum absolute atomic E-state index is 6.06. The van der Waals surface area contributed by atoms with Crippen LogP contribution in [0.15, 0.2) is 29.3 Å². The van der Waals surface area contributed by atoms with Gasteiger partial charge in [0.25, 0.3) is 0 Å². The van der Waals surface area contributed by atoms with Crippen molar-refractivity contribution >= 4 is 17.0 Å². The second-order valence-electron chi connectivity index (χ2n) is 6.40. The first-order valence-corrected chi connectivity index (χ1v) is 8.72. The molecule has 0 spiro atoms. The van der Waals surface area contributed by atoms with Gasteiger partial charge in [0.05, 0.1) is 17.6 Å². The van der Waals surface area contributed by atoms with Gasteiger partial charge in [-0.15, -0.1) is 0 Å². The van der Waals surface area contributed by atoms with E-state index in [1.165, 1.54) is 38.5 Å². The molecule has 1 fully saturated rings. The predicted molar refractivity (Wildman–Crippen MR) is 95.6 cm³/mol. The predicted octanol–water partition coefficient (Wildman–Crippen LogP) is 2.97. The molecule has 1 aliphatic carbocycles. The number of nitrogens with one attached hydrogen (secondary N) is 1. The minimum absolute atomic E-state index is 0.497. The number of para-hydroxylation sites is 2. The van der Waals surface area contributed by atoms with Crippen molar-refractivity contribution in [2.75, 3.05) is 6.54 Å². The van der Waals surface area contributed by atoms with Crippen LogP contribution in [0.4, 0.5) is 0 Å². The van der Waals surface area contributed by atoms with E-state index in [1.807, 2.05) is 25.1 Å². The van der Waals surface area contributed by atoms with Crippen molar-refractivity contribution in [2.24, 2.45) is 10.7 Å². The first-order valence-electron chi connectivity index (χ1n) is 8.72. The number of imidazole rings is 1. The first kappa shape index (κ1) is 15.8. The average molecular weight is 313 g/mol. The number of benzene rings is 1. The molecule has 1 saturated carbocycles. The Bertz CT molecular complexity index is 665. The van der Waals surface area contributed by atoms with Crippen LogP contribution in [0.1, 0.15) is 44.3 Å². The fourth-order valence-electron chi connectivity index (χ4n) is 3.43. The number of nitrogens with zero attached hydrogens (tertiary/aromatic N) is 3. The van der Waals surface area contributed by atoms with E-state index in [9.17, 15) is 0 Å². The van der Waals surface area contributed by atoms with Crippen molar-refractivity contribution in [3.05, 3.63) is 30.1 Å². The summed E-state index contributed by atoms with van der Waals surface area (Å²) in [6.45, 7) is 3.52. The third-order valence-electron chi connectivity index (χ3n) is 4.66. The van der Waals surface area contributed by atoms with Crippen LogP contribution in [0.25, 0.3) is 11.0 Å². The van der Waals surface area contributed by atoms with Gasteiger partial charge < -0.3 is 15.6 Å². The number of nitrogens with two attached hydrogens (primary N) is 1. The lowest BCUT2D eigenvalue weighted by atomic mass is 10.1. The number of hydrogen-bond donors (Lipinski definition) is 2. The fourth-order valence-corrected chi connectivity index (χ4v) is 3.43. The second-order valence-corrected chi connectivity index (χ2v) is 6.40. The Balaban J connectivity index is 1.57. The smallest absolute Gasteiger partial charge is 0.188 e. The maximum Gasteiger partial charge on any atom is 0.188 e. The summed E-state index contributed by atoms with van der Waals surface area (Å²) in [7, 11) is 0. The summed E-state index contributed by atoms with van der Waals surface area (Å²) >= 11 is 0. The van der Waals surface area contributed by atoms with Gasteiger partial charge in [0.2, 0.25) is 0 Å². The molecule has 0 atom stereocenters. The molecule has 0 unspecified atom stereocenters. The van der Waals surface area contributed by atoms with E-state index in [2.05, 4.69) is 25.9 Å². The van der Waals surface area contributed by atoms with Crippen LogP contribution < -0.4 is 11.1 Å². The monoisotopic (exact) mass is 313 g/mol. The van der Waals surface area contributed by atoms with Gasteiger partial charge in [0, 0.05) is 12.6 Å². The summed E-state index contributed by atoms with van der Waals surface area (Å²) in [6, 6.07) is 8.71. The number of fused-ring (bicyclic) bond motifs is 1. The number of aryl methyl sites for hydroxylation is 1. The van der Waals surface area contributed by atoms with Crippen molar-refractivity contribution in [3.8, 4) is 0 Å². The molecule has 3 rings (SSSR count). The number of guanidine groups is 1. The summed E-state index contributed by atoms with van der Waals surface area (Å²) in [6.07, 6.45) is 7.71. The third-order valence-corrected chi connectivity index (χ3v) is 4.66. The van der Waals surface area contributed by atoms with E-state index >= 15 is 0 Å². The summed E-state index contributed by atoms with van der Waals surface area (Å²) in [5, 5.41) is 3.39. The van der Waals surface area contributed by atoms with Gasteiger partial charge in [-0.05, 0) is 31.9 Å². The van der Waals surface area contributed by atoms with Gasteiger partial charge >= 0.3 is 0 Å². The van der Waals surface area contributed by atoms with Crippen LogP contribution in [0, 0.1) is 6.92 Å². The molecule has 0 bridgehead atoms. The van der Waals surface area contributed by atoms with Gasteiger partial charge in [-0.1, -0.05) is 37.8 Å². The van der Waals surface area contributed by atoms with Gasteiger partial charge in [-0.25, -0.2) is 4.98 Å². The van der Waals surface area contributed by atoms with Crippen LogP contribution in [0.5, 0.6) is 0 Å². The molecule has 3 N–H and O–H groups in total. The molecule has 23 heavy (non-hydrogen) atoms. The zero-order valence-corrected chi connectivity index (χ0v) is 14.0. The quantitative estimate of drug-likeness (QED) is 0.518. The van der Waals surface area contributed by atoms with E-state index in [-0.39, 0.29) is 0 Å². The van der Waals surface area contributed by atoms with E-state index < -0.39 is 0 Å². The summed E-state index contributed by atoms with van der Waals surface area (Å²) < 4.78 is 2.21. The zero-order valence-electron chi connectivity index (χ0n) is 14.0. The van der Waals surface area contributed by atoms with Crippen LogP contribution in [0.3, 0.4) is 0 Å². The first-order chi connectivity index (χ1) is 11.2. The zero-order chi connectivity index (χ0) is 16.1. The van der Waals surface area contributed by atoms with Gasteiger partial charge in [-0.2, -0.15) is 0 Å². The molecule has 0 aliphatic heterocycles. The van der Waals surface area contributed by atoms with Crippen molar-refractivity contribution in [1.29, 1.82) is 0 Å². The minimum Gasteiger partial charge on any atom is -0.370 e. The standard InChI is InChI=1S/C18H27N5/c1-14-21-16-10-6-7-11-17(16)23(14)13-12-20-18(19)22-15-8-4-2-3-5-9-15/h6-7,10-11,15H,2-5,8-9,12-13H2,1H3,(H3,19,20,22). The SMILES string of the molecule is Cc1nc2ccccc2n1CCN=C(N)NC1CCCCCC1. The Kier molecular flexibility index (Phi) is 5.16. The Hall–Kier alpha value is -2.04. The summed E-state index contributed by atoms with van der Waals surface area (Å²) in [4.78, 5) is 9.09. The molecular formula is C18H27N5. The number of rotatable bonds is 4. The number of hydrogen-bond acceptors (Lipinski definition) is 2. The molecule has 2 aromatic rings. The van der Waals surface area contributed by atoms with Crippen molar-refractivity contribution < 1.29 is 0 Å². The highest BCUT2D eigenvalue weighted by atomic mass is 15.1. The largest absolute Gasteiger partial charge is 0.370 e. The summed E-state index contributed by atoms with van der Waals surface area (Å²) in [5.41, 5.74) is 8.26. The lowest BCUT2D eigenvalue weighted by Crippen LogP contribution is -2.40. The molecule has 0 radical (unpaired) electrons. The van der Waals surface area contributed by atoms with Crippen LogP contribution in [-0.4, -0.2) is 28.1 Å². The van der Waals surface area contributed by atoms with Crippen LogP contribution in [0.2, 0.25) is 0 Å². The van der Waals surface area contributed by atoms with E-state index in [1.54, 1.807) is 0 Å². The Labute approximate surface area is 138 Å². The highest BCUT2D eigenvalue weighted by Gasteiger charge is 2.12. The minimum atomic E-state index is 0.497. The molecule has 0 amide bonds. The Morgan fingerprint density at radius 1 is 1.26 bits per heavy atom. The lowest BCUT2D eigenvalue weighted by Gasteiger charge is -2.16. The molecule has 1 aromatic carbocycles. The average Bonchev–Trinajstić information content (AvgIpc) is 2.71. The molecular weight excluding hydrogens is 286 g/mol. The molecule has 5 nitrogen and oxygen atoms in total. The van der Waals surface area contributed by atoms with Gasteiger partial charge in [0.1, 0.15) is 5.82 Å². The number of aromatic nitrogens is 2. The van der Waals surface area contributed by atoms with Crippen LogP contribution in [-0.2, 0) is 6.54 Å². The van der Waals surface area contributed by atoms with Gasteiger partial charge in [-0.3, -0.25) is 4.99 Å². The molecule has 1 heterocycles. The highest BCUT2D eigenvalue weighted by molar-refractivity contribution is 5.78. The normalized spacial score (nSPS) is 17.3. The fraction of sp³-hybridized carbons (Fsp3) is 0.556. The Morgan fingerprint density at radius 2 is 2.00 bits per heavy atom. The maximum atomic E-state index is 6.06. The topological polar surface area (TPSA) is 68.2 Å². The summed E-state index contributed by atoms with van der Waals surface area (Å²) in [5.74, 6) is 1.61. The van der Waals surface area contributed by atoms with E-state index in [0.717, 1.165) is 23.4 Å². The molecule has 1 aliphatic rings. The lowest BCUT2D eigenvalue weighted by molar-refractivity contribution is 0.529. The molecule has 0 saturated heterocycles. The Morgan fingerprint density at radius 3 is 2.78 bits per heavy atom. The molecule has 124 valence electrons. The van der Waals surface area contributed by atoms with Gasteiger partial charge in [0.15, 0.2) is 5.96 Å². The van der Waals surface area contributed by atoms with Crippen LogP contribution >= 0.6 is 0 Å².